The fourth-order valence-electron chi connectivity index (χ4n) is 4.56. The minimum absolute atomic E-state index is 0.0565. The Labute approximate surface area is 167 Å². The summed E-state index contributed by atoms with van der Waals surface area (Å²) in [5, 5.41) is 0. The lowest BCUT2D eigenvalue weighted by Crippen LogP contribution is -2.45. The molecule has 5 heteroatoms. The molecule has 3 rings (SSSR count). The number of Topliss-reactive ketones (excluding diaryl/α,β-unsaturated/α-hetero) is 1. The molecule has 0 unspecified atom stereocenters. The Morgan fingerprint density at radius 3 is 2.61 bits per heavy atom. The van der Waals surface area contributed by atoms with Gasteiger partial charge in [0.1, 0.15) is 11.9 Å². The fourth-order valence-corrected chi connectivity index (χ4v) is 4.56. The highest BCUT2D eigenvalue weighted by Gasteiger charge is 2.37. The number of ether oxygens (including phenoxy) is 1. The van der Waals surface area contributed by atoms with Gasteiger partial charge in [-0.25, -0.2) is 9.64 Å². The van der Waals surface area contributed by atoms with E-state index in [-0.39, 0.29) is 24.0 Å². The summed E-state index contributed by atoms with van der Waals surface area (Å²) in [5.41, 5.74) is 1.44. The maximum atomic E-state index is 13.1. The molecule has 28 heavy (non-hydrogen) atoms. The van der Waals surface area contributed by atoms with E-state index in [2.05, 4.69) is 25.6 Å². The number of nitrogens with zero attached hydrogens (tertiary/aromatic N) is 2. The average molecular weight is 383 g/mol. The molecule has 0 aromatic heterocycles. The van der Waals surface area contributed by atoms with Crippen LogP contribution in [-0.2, 0) is 9.53 Å². The summed E-state index contributed by atoms with van der Waals surface area (Å²) in [4.78, 5) is 30.3. The second-order valence-corrected chi connectivity index (χ2v) is 8.65. The van der Waals surface area contributed by atoms with Gasteiger partial charge in [-0.1, -0.05) is 51.5 Å². The van der Waals surface area contributed by atoms with Crippen LogP contribution in [0.25, 0.3) is 4.85 Å². The average Bonchev–Trinajstić information content (AvgIpc) is 2.67. The number of likely N-dealkylation sites (tertiary alicyclic amines) is 1. The maximum absolute atomic E-state index is 13.1. The highest BCUT2D eigenvalue weighted by molar-refractivity contribution is 5.82. The maximum Gasteiger partial charge on any atom is 0.410 e. The Hall–Kier alpha value is -2.35. The molecule has 1 saturated carbocycles. The van der Waals surface area contributed by atoms with Gasteiger partial charge in [0.05, 0.1) is 12.6 Å². The molecule has 0 spiro atoms. The molecule has 1 amide bonds. The minimum Gasteiger partial charge on any atom is -0.446 e. The zero-order valence-electron chi connectivity index (χ0n) is 17.1. The van der Waals surface area contributed by atoms with Gasteiger partial charge in [0.2, 0.25) is 0 Å². The van der Waals surface area contributed by atoms with Crippen molar-refractivity contribution < 1.29 is 14.3 Å². The summed E-state index contributed by atoms with van der Waals surface area (Å²) >= 11 is 0. The van der Waals surface area contributed by atoms with E-state index in [4.69, 9.17) is 11.3 Å². The molecule has 1 heterocycles. The van der Waals surface area contributed by atoms with Crippen molar-refractivity contribution in [3.05, 3.63) is 41.2 Å². The van der Waals surface area contributed by atoms with Gasteiger partial charge in [-0.05, 0) is 36.2 Å². The Morgan fingerprint density at radius 2 is 1.96 bits per heavy atom. The summed E-state index contributed by atoms with van der Waals surface area (Å²) in [6.07, 6.45) is 3.50. The number of piperidine rings is 1. The molecular weight excluding hydrogens is 352 g/mol. The van der Waals surface area contributed by atoms with Crippen LogP contribution in [0.15, 0.2) is 24.3 Å². The number of ketones is 1. The van der Waals surface area contributed by atoms with Crippen LogP contribution in [0.4, 0.5) is 10.5 Å². The van der Waals surface area contributed by atoms with E-state index in [1.54, 1.807) is 17.0 Å². The number of benzene rings is 1. The van der Waals surface area contributed by atoms with E-state index in [0.717, 1.165) is 18.4 Å². The highest BCUT2D eigenvalue weighted by atomic mass is 16.6. The predicted molar refractivity (Wildman–Crippen MR) is 108 cm³/mol. The second-order valence-electron chi connectivity index (χ2n) is 8.65. The number of rotatable bonds is 3. The third kappa shape index (κ3) is 4.55. The smallest absolute Gasteiger partial charge is 0.410 e. The first-order valence-corrected chi connectivity index (χ1v) is 10.4. The molecule has 2 aliphatic rings. The number of amides is 1. The van der Waals surface area contributed by atoms with Crippen molar-refractivity contribution >= 4 is 17.6 Å². The lowest BCUT2D eigenvalue weighted by atomic mass is 9.75. The van der Waals surface area contributed by atoms with Crippen LogP contribution in [0, 0.1) is 24.3 Å². The molecular formula is C23H30N2O3. The van der Waals surface area contributed by atoms with E-state index < -0.39 is 0 Å². The van der Waals surface area contributed by atoms with E-state index in [0.29, 0.717) is 42.8 Å². The van der Waals surface area contributed by atoms with Crippen LogP contribution in [0.1, 0.15) is 64.5 Å². The van der Waals surface area contributed by atoms with Gasteiger partial charge < -0.3 is 9.64 Å². The molecule has 5 nitrogen and oxygen atoms in total. The minimum atomic E-state index is -0.313. The number of hydrogen-bond acceptors (Lipinski definition) is 3. The van der Waals surface area contributed by atoms with Gasteiger partial charge in [-0.3, -0.25) is 4.79 Å². The first-order chi connectivity index (χ1) is 13.4. The van der Waals surface area contributed by atoms with Crippen LogP contribution in [0.3, 0.4) is 0 Å². The molecule has 0 radical (unpaired) electrons. The lowest BCUT2D eigenvalue weighted by molar-refractivity contribution is -0.123. The molecule has 1 aliphatic carbocycles. The molecule has 0 bridgehead atoms. The monoisotopic (exact) mass is 382 g/mol. The van der Waals surface area contributed by atoms with Gasteiger partial charge in [-0.2, -0.15) is 0 Å². The van der Waals surface area contributed by atoms with Crippen molar-refractivity contribution in [2.24, 2.45) is 17.8 Å². The van der Waals surface area contributed by atoms with Crippen molar-refractivity contribution in [3.63, 3.8) is 0 Å². The van der Waals surface area contributed by atoms with Gasteiger partial charge >= 0.3 is 6.09 Å². The highest BCUT2D eigenvalue weighted by Crippen LogP contribution is 2.37. The van der Waals surface area contributed by atoms with Gasteiger partial charge in [-0.15, -0.1) is 0 Å². The summed E-state index contributed by atoms with van der Waals surface area (Å²) < 4.78 is 6.03. The zero-order valence-corrected chi connectivity index (χ0v) is 17.1. The third-order valence-electron chi connectivity index (χ3n) is 6.28. The Bertz CT molecular complexity index is 750. The van der Waals surface area contributed by atoms with E-state index >= 15 is 0 Å². The SMILES string of the molecule is [C-]#[N+]c1ccc([C@@H]2CC(=O)CCN2C(=O)O[C@@H]2C[C@H](C)CC[C@H]2C(C)C)cc1. The summed E-state index contributed by atoms with van der Waals surface area (Å²) in [5.74, 6) is 1.59. The van der Waals surface area contributed by atoms with Gasteiger partial charge in [0.15, 0.2) is 5.69 Å². The summed E-state index contributed by atoms with van der Waals surface area (Å²) in [7, 11) is 0. The Kier molecular flexibility index (Phi) is 6.39. The molecule has 1 aromatic rings. The van der Waals surface area contributed by atoms with E-state index in [9.17, 15) is 9.59 Å². The molecule has 4 atom stereocenters. The first kappa shape index (κ1) is 20.4. The van der Waals surface area contributed by atoms with Crippen molar-refractivity contribution in [1.82, 2.24) is 4.90 Å². The van der Waals surface area contributed by atoms with Gasteiger partial charge in [0, 0.05) is 19.4 Å². The standard InChI is InChI=1S/C23H30N2O3/c1-15(2)20-10-5-16(3)13-22(20)28-23(27)25-12-11-19(26)14-21(25)17-6-8-18(24-4)9-7-17/h6-9,15-16,20-22H,5,10-14H2,1-3H3/t16-,20+,21+,22-/m1/s1. The topological polar surface area (TPSA) is 51.0 Å². The zero-order chi connectivity index (χ0) is 20.3. The normalized spacial score (nSPS) is 28.1. The van der Waals surface area contributed by atoms with Crippen molar-refractivity contribution in [2.45, 2.75) is 65.0 Å². The van der Waals surface area contributed by atoms with E-state index in [1.165, 1.54) is 6.42 Å². The number of hydrogen-bond donors (Lipinski definition) is 0. The van der Waals surface area contributed by atoms with Crippen LogP contribution >= 0.6 is 0 Å². The van der Waals surface area contributed by atoms with Crippen LogP contribution in [0.2, 0.25) is 0 Å². The molecule has 0 N–H and O–H groups in total. The van der Waals surface area contributed by atoms with Crippen LogP contribution in [0.5, 0.6) is 0 Å². The first-order valence-electron chi connectivity index (χ1n) is 10.4. The third-order valence-corrected chi connectivity index (χ3v) is 6.28. The molecule has 1 aromatic carbocycles. The van der Waals surface area contributed by atoms with Crippen LogP contribution < -0.4 is 0 Å². The Balaban J connectivity index is 1.77. The number of carbonyl (C=O) groups is 2. The molecule has 150 valence electrons. The predicted octanol–water partition coefficient (Wildman–Crippen LogP) is 5.54. The summed E-state index contributed by atoms with van der Waals surface area (Å²) in [6.45, 7) is 14.1. The quantitative estimate of drug-likeness (QED) is 0.645. The van der Waals surface area contributed by atoms with Crippen LogP contribution in [-0.4, -0.2) is 29.4 Å². The molecule has 1 saturated heterocycles. The molecule has 1 aliphatic heterocycles. The van der Waals surface area contributed by atoms with Crippen molar-refractivity contribution in [2.75, 3.05) is 6.54 Å². The van der Waals surface area contributed by atoms with E-state index in [1.807, 2.05) is 12.1 Å². The summed E-state index contributed by atoms with van der Waals surface area (Å²) in [6, 6.07) is 6.85. The second kappa shape index (κ2) is 8.77. The molecule has 2 fully saturated rings. The number of carbonyl (C=O) groups excluding carboxylic acids is 2. The van der Waals surface area contributed by atoms with Crippen molar-refractivity contribution in [1.29, 1.82) is 0 Å². The van der Waals surface area contributed by atoms with Gasteiger partial charge in [0.25, 0.3) is 0 Å². The largest absolute Gasteiger partial charge is 0.446 e. The Morgan fingerprint density at radius 1 is 1.25 bits per heavy atom. The lowest BCUT2D eigenvalue weighted by Gasteiger charge is -2.40. The van der Waals surface area contributed by atoms with Crippen molar-refractivity contribution in [3.8, 4) is 0 Å². The fraction of sp³-hybridized carbons (Fsp3) is 0.609.